The molecule has 0 bridgehead atoms. The first-order valence-electron chi connectivity index (χ1n) is 10.5. The molecule has 12 heteroatoms. The van der Waals surface area contributed by atoms with Crippen molar-refractivity contribution >= 4 is 61.8 Å². The Labute approximate surface area is 211 Å². The summed E-state index contributed by atoms with van der Waals surface area (Å²) in [6.07, 6.45) is 1.54. The molecule has 34 heavy (non-hydrogen) atoms. The van der Waals surface area contributed by atoms with Crippen LogP contribution in [-0.2, 0) is 6.18 Å². The molecule has 0 spiro atoms. The molecule has 2 aromatic heterocycles. The first kappa shape index (κ1) is 25.0. The van der Waals surface area contributed by atoms with Gasteiger partial charge in [-0.2, -0.15) is 13.2 Å². The fraction of sp³-hybridized carbons (Fsp3) is 0.364. The molecule has 2 heterocycles. The van der Waals surface area contributed by atoms with Crippen LogP contribution in [-0.4, -0.2) is 39.2 Å². The lowest BCUT2D eigenvalue weighted by molar-refractivity contribution is -0.140. The van der Waals surface area contributed by atoms with Crippen LogP contribution in [0.3, 0.4) is 0 Å². The third kappa shape index (κ3) is 5.75. The van der Waals surface area contributed by atoms with E-state index in [0.29, 0.717) is 51.4 Å². The molecule has 180 valence electrons. The standard InChI is InChI=1S/C22H20BrClF3N5OS/c1-34-21-28-10-15(23)19(32-21)20(33)30-13-5-3-12(4-6-13)29-17-9-18(22(25,26)27)31-16-7-2-11(24)8-14(16)17/h2,7-10,12-13H,3-6H2,1H3,(H,29,31)(H,30,33). The molecule has 0 atom stereocenters. The highest BCUT2D eigenvalue weighted by molar-refractivity contribution is 9.10. The smallest absolute Gasteiger partial charge is 0.382 e. The summed E-state index contributed by atoms with van der Waals surface area (Å²) in [6, 6.07) is 5.54. The molecule has 0 unspecified atom stereocenters. The average molecular weight is 575 g/mol. The molecule has 1 amide bonds. The van der Waals surface area contributed by atoms with Crippen molar-refractivity contribution in [2.45, 2.75) is 49.1 Å². The number of nitrogens with zero attached hydrogens (tertiary/aromatic N) is 3. The molecule has 4 rings (SSSR count). The van der Waals surface area contributed by atoms with Crippen molar-refractivity contribution < 1.29 is 18.0 Å². The molecule has 1 fully saturated rings. The largest absolute Gasteiger partial charge is 0.433 e. The number of hydrogen-bond acceptors (Lipinski definition) is 6. The van der Waals surface area contributed by atoms with Crippen molar-refractivity contribution in [3.63, 3.8) is 0 Å². The molecule has 3 aromatic rings. The van der Waals surface area contributed by atoms with Gasteiger partial charge in [0.2, 0.25) is 0 Å². The van der Waals surface area contributed by atoms with E-state index in [-0.39, 0.29) is 29.2 Å². The maximum atomic E-state index is 13.4. The van der Waals surface area contributed by atoms with Crippen molar-refractivity contribution in [1.82, 2.24) is 20.3 Å². The predicted molar refractivity (Wildman–Crippen MR) is 130 cm³/mol. The van der Waals surface area contributed by atoms with Crippen LogP contribution in [0.1, 0.15) is 41.9 Å². The highest BCUT2D eigenvalue weighted by atomic mass is 79.9. The Morgan fingerprint density at radius 3 is 2.53 bits per heavy atom. The first-order chi connectivity index (χ1) is 16.1. The zero-order valence-corrected chi connectivity index (χ0v) is 21.1. The summed E-state index contributed by atoms with van der Waals surface area (Å²) >= 11 is 10.7. The van der Waals surface area contributed by atoms with Crippen molar-refractivity contribution in [3.8, 4) is 0 Å². The minimum Gasteiger partial charge on any atom is -0.382 e. The van der Waals surface area contributed by atoms with Gasteiger partial charge in [-0.3, -0.25) is 4.79 Å². The summed E-state index contributed by atoms with van der Waals surface area (Å²) in [6.45, 7) is 0. The zero-order chi connectivity index (χ0) is 24.5. The van der Waals surface area contributed by atoms with Crippen LogP contribution in [0, 0.1) is 0 Å². The number of aromatic nitrogens is 3. The van der Waals surface area contributed by atoms with Crippen LogP contribution in [0.5, 0.6) is 0 Å². The molecule has 1 aromatic carbocycles. The molecular formula is C22H20BrClF3N5OS. The number of carbonyl (C=O) groups is 1. The number of amides is 1. The Hall–Kier alpha value is -2.11. The first-order valence-corrected chi connectivity index (χ1v) is 12.8. The van der Waals surface area contributed by atoms with Crippen LogP contribution < -0.4 is 10.6 Å². The molecule has 6 nitrogen and oxygen atoms in total. The summed E-state index contributed by atoms with van der Waals surface area (Å²) < 4.78 is 40.6. The van der Waals surface area contributed by atoms with Crippen LogP contribution in [0.25, 0.3) is 10.9 Å². The van der Waals surface area contributed by atoms with Gasteiger partial charge in [0.15, 0.2) is 5.16 Å². The Bertz CT molecular complexity index is 1220. The minimum atomic E-state index is -4.56. The second-order valence-electron chi connectivity index (χ2n) is 7.93. The molecule has 1 aliphatic rings. The zero-order valence-electron chi connectivity index (χ0n) is 17.9. The molecule has 1 aliphatic carbocycles. The van der Waals surface area contributed by atoms with Gasteiger partial charge in [-0.15, -0.1) is 0 Å². The summed E-state index contributed by atoms with van der Waals surface area (Å²) in [5.41, 5.74) is -0.102. The van der Waals surface area contributed by atoms with Crippen LogP contribution >= 0.6 is 39.3 Å². The molecule has 0 radical (unpaired) electrons. The van der Waals surface area contributed by atoms with Gasteiger partial charge >= 0.3 is 6.18 Å². The van der Waals surface area contributed by atoms with Gasteiger partial charge in [0, 0.05) is 34.4 Å². The maximum Gasteiger partial charge on any atom is 0.433 e. The second kappa shape index (κ2) is 10.2. The lowest BCUT2D eigenvalue weighted by Gasteiger charge is -2.30. The van der Waals surface area contributed by atoms with E-state index in [1.165, 1.54) is 23.9 Å². The van der Waals surface area contributed by atoms with Gasteiger partial charge in [-0.25, -0.2) is 15.0 Å². The molecule has 0 saturated heterocycles. The number of anilines is 1. The predicted octanol–water partition coefficient (Wildman–Crippen LogP) is 6.33. The fourth-order valence-corrected chi connectivity index (χ4v) is 4.81. The van der Waals surface area contributed by atoms with E-state index < -0.39 is 11.9 Å². The maximum absolute atomic E-state index is 13.4. The number of carbonyl (C=O) groups excluding carboxylic acids is 1. The molecular weight excluding hydrogens is 555 g/mol. The number of alkyl halides is 3. The van der Waals surface area contributed by atoms with Gasteiger partial charge in [0.25, 0.3) is 5.91 Å². The SMILES string of the molecule is CSc1ncc(Br)c(C(=O)NC2CCC(Nc3cc(C(F)(F)F)nc4ccc(Cl)cc34)CC2)n1. The highest BCUT2D eigenvalue weighted by Gasteiger charge is 2.34. The average Bonchev–Trinajstić information content (AvgIpc) is 2.80. The lowest BCUT2D eigenvalue weighted by atomic mass is 9.90. The molecule has 1 saturated carbocycles. The number of rotatable bonds is 5. The Morgan fingerprint density at radius 1 is 1.15 bits per heavy atom. The van der Waals surface area contributed by atoms with E-state index in [9.17, 15) is 18.0 Å². The van der Waals surface area contributed by atoms with Crippen molar-refractivity contribution in [2.75, 3.05) is 11.6 Å². The van der Waals surface area contributed by atoms with Crippen LogP contribution in [0.4, 0.5) is 18.9 Å². The number of halogens is 5. The van der Waals surface area contributed by atoms with Crippen molar-refractivity contribution in [3.05, 3.63) is 51.3 Å². The van der Waals surface area contributed by atoms with Crippen molar-refractivity contribution in [1.29, 1.82) is 0 Å². The van der Waals surface area contributed by atoms with E-state index >= 15 is 0 Å². The number of pyridine rings is 1. The topological polar surface area (TPSA) is 79.8 Å². The van der Waals surface area contributed by atoms with E-state index in [1.54, 1.807) is 12.3 Å². The summed E-state index contributed by atoms with van der Waals surface area (Å²) in [4.78, 5) is 24.8. The monoisotopic (exact) mass is 573 g/mol. The molecule has 0 aliphatic heterocycles. The number of nitrogens with one attached hydrogen (secondary N) is 2. The van der Waals surface area contributed by atoms with Gasteiger partial charge in [0.05, 0.1) is 9.99 Å². The van der Waals surface area contributed by atoms with Gasteiger partial charge in [-0.1, -0.05) is 23.4 Å². The lowest BCUT2D eigenvalue weighted by Crippen LogP contribution is -2.40. The van der Waals surface area contributed by atoms with Gasteiger partial charge in [-0.05, 0) is 72.1 Å². The third-order valence-corrected chi connectivity index (χ3v) is 6.98. The summed E-state index contributed by atoms with van der Waals surface area (Å²) in [7, 11) is 0. The van der Waals surface area contributed by atoms with E-state index in [0.717, 1.165) is 6.07 Å². The second-order valence-corrected chi connectivity index (χ2v) is 10.00. The summed E-state index contributed by atoms with van der Waals surface area (Å²) in [5.74, 6) is -0.287. The van der Waals surface area contributed by atoms with Crippen LogP contribution in [0.2, 0.25) is 5.02 Å². The fourth-order valence-electron chi connectivity index (χ4n) is 3.93. The third-order valence-electron chi connectivity index (χ3n) is 5.60. The normalized spacial score (nSPS) is 18.6. The van der Waals surface area contributed by atoms with Gasteiger partial charge < -0.3 is 10.6 Å². The Balaban J connectivity index is 1.44. The van der Waals surface area contributed by atoms with Crippen molar-refractivity contribution in [2.24, 2.45) is 0 Å². The summed E-state index contributed by atoms with van der Waals surface area (Å²) in [5, 5.41) is 7.72. The van der Waals surface area contributed by atoms with Crippen LogP contribution in [0.15, 0.2) is 40.1 Å². The van der Waals surface area contributed by atoms with E-state index in [4.69, 9.17) is 11.6 Å². The van der Waals surface area contributed by atoms with E-state index in [2.05, 4.69) is 41.5 Å². The minimum absolute atomic E-state index is 0.0484. The quantitative estimate of drug-likeness (QED) is 0.274. The number of thioether (sulfide) groups is 1. The molecule has 2 N–H and O–H groups in total. The number of benzene rings is 1. The highest BCUT2D eigenvalue weighted by Crippen LogP contribution is 2.35. The number of hydrogen-bond donors (Lipinski definition) is 2. The van der Waals surface area contributed by atoms with E-state index in [1.807, 2.05) is 6.26 Å². The number of fused-ring (bicyclic) bond motifs is 1. The Kier molecular flexibility index (Phi) is 7.54. The Morgan fingerprint density at radius 2 is 1.85 bits per heavy atom. The van der Waals surface area contributed by atoms with Gasteiger partial charge in [0.1, 0.15) is 11.4 Å².